The first-order chi connectivity index (χ1) is 10.8. The molecule has 0 amide bonds. The Bertz CT molecular complexity index is 580. The maximum Gasteiger partial charge on any atom is 0.0959 e. The van der Waals surface area contributed by atoms with Crippen molar-refractivity contribution in [1.29, 1.82) is 0 Å². The van der Waals surface area contributed by atoms with Gasteiger partial charge in [0.25, 0.3) is 0 Å². The van der Waals surface area contributed by atoms with Crippen LogP contribution in [0.4, 0.5) is 0 Å². The van der Waals surface area contributed by atoms with Crippen LogP contribution in [0.15, 0.2) is 36.5 Å². The second-order valence-corrected chi connectivity index (χ2v) is 7.29. The Morgan fingerprint density at radius 3 is 2.73 bits per heavy atom. The first kappa shape index (κ1) is 15.7. The molecule has 1 aliphatic carbocycles. The molecule has 1 fully saturated rings. The Balaban J connectivity index is 1.68. The monoisotopic (exact) mass is 316 g/mol. The Labute approximate surface area is 136 Å². The molecule has 1 atom stereocenters. The van der Waals surface area contributed by atoms with Crippen molar-refractivity contribution in [2.24, 2.45) is 0 Å². The highest BCUT2D eigenvalue weighted by atomic mass is 32.1. The van der Waals surface area contributed by atoms with Crippen LogP contribution < -0.4 is 0 Å². The molecular weight excluding hydrogens is 292 g/mol. The highest BCUT2D eigenvalue weighted by molar-refractivity contribution is 7.11. The number of nitrogens with zero attached hydrogens (tertiary/aromatic N) is 2. The summed E-state index contributed by atoms with van der Waals surface area (Å²) < 4.78 is 0. The molecule has 1 aromatic heterocycles. The molecule has 2 aromatic rings. The summed E-state index contributed by atoms with van der Waals surface area (Å²) in [7, 11) is 2.13. The van der Waals surface area contributed by atoms with E-state index in [4.69, 9.17) is 0 Å². The molecule has 1 unspecified atom stereocenters. The summed E-state index contributed by atoms with van der Waals surface area (Å²) in [6, 6.07) is 10.7. The molecule has 22 heavy (non-hydrogen) atoms. The Hall–Kier alpha value is -1.23. The highest BCUT2D eigenvalue weighted by Crippen LogP contribution is 2.38. The van der Waals surface area contributed by atoms with Crippen LogP contribution in [0.5, 0.6) is 0 Å². The van der Waals surface area contributed by atoms with Gasteiger partial charge in [-0.3, -0.25) is 4.90 Å². The standard InChI is InChI=1S/C18H24N2OS/c1-20(17(10-11-21)14-6-3-2-4-7-14)13-16-12-19-18(22-16)15-8-5-9-15/h2-4,6-7,12,15,17,21H,5,8-11,13H2,1H3. The second kappa shape index (κ2) is 7.36. The summed E-state index contributed by atoms with van der Waals surface area (Å²) in [6.45, 7) is 1.10. The van der Waals surface area contributed by atoms with Crippen LogP contribution >= 0.6 is 11.3 Å². The minimum absolute atomic E-state index is 0.208. The summed E-state index contributed by atoms with van der Waals surface area (Å²) in [6.07, 6.45) is 6.76. The molecule has 0 spiro atoms. The minimum atomic E-state index is 0.208. The van der Waals surface area contributed by atoms with Gasteiger partial charge in [0.2, 0.25) is 0 Å². The van der Waals surface area contributed by atoms with Gasteiger partial charge in [-0.15, -0.1) is 11.3 Å². The van der Waals surface area contributed by atoms with E-state index in [0.29, 0.717) is 5.92 Å². The van der Waals surface area contributed by atoms with Crippen molar-refractivity contribution < 1.29 is 5.11 Å². The SMILES string of the molecule is CN(Cc1cnc(C2CCC2)s1)C(CCO)c1ccccc1. The molecule has 1 N–H and O–H groups in total. The number of thiazole rings is 1. The second-order valence-electron chi connectivity index (χ2n) is 6.15. The van der Waals surface area contributed by atoms with Gasteiger partial charge >= 0.3 is 0 Å². The maximum atomic E-state index is 9.39. The Morgan fingerprint density at radius 1 is 1.32 bits per heavy atom. The van der Waals surface area contributed by atoms with Crippen LogP contribution in [0, 0.1) is 0 Å². The van der Waals surface area contributed by atoms with E-state index >= 15 is 0 Å². The molecule has 0 saturated heterocycles. The number of aliphatic hydroxyl groups excluding tert-OH is 1. The molecule has 118 valence electrons. The van der Waals surface area contributed by atoms with E-state index in [1.165, 1.54) is 34.7 Å². The fourth-order valence-corrected chi connectivity index (χ4v) is 4.18. The van der Waals surface area contributed by atoms with Crippen LogP contribution in [0.25, 0.3) is 0 Å². The van der Waals surface area contributed by atoms with E-state index in [1.807, 2.05) is 23.6 Å². The molecule has 3 nitrogen and oxygen atoms in total. The summed E-state index contributed by atoms with van der Waals surface area (Å²) in [5.41, 5.74) is 1.27. The van der Waals surface area contributed by atoms with Crippen LogP contribution in [-0.4, -0.2) is 28.6 Å². The summed E-state index contributed by atoms with van der Waals surface area (Å²) >= 11 is 1.86. The Morgan fingerprint density at radius 2 is 2.09 bits per heavy atom. The van der Waals surface area contributed by atoms with Gasteiger partial charge in [-0.25, -0.2) is 4.98 Å². The normalized spacial score (nSPS) is 16.7. The van der Waals surface area contributed by atoms with Gasteiger partial charge in [-0.2, -0.15) is 0 Å². The van der Waals surface area contributed by atoms with E-state index in [0.717, 1.165) is 13.0 Å². The number of hydrogen-bond acceptors (Lipinski definition) is 4. The number of rotatable bonds is 7. The zero-order valence-electron chi connectivity index (χ0n) is 13.1. The van der Waals surface area contributed by atoms with Crippen molar-refractivity contribution in [2.75, 3.05) is 13.7 Å². The predicted molar refractivity (Wildman–Crippen MR) is 91.1 cm³/mol. The van der Waals surface area contributed by atoms with Crippen molar-refractivity contribution in [1.82, 2.24) is 9.88 Å². The molecule has 0 aliphatic heterocycles. The average molecular weight is 316 g/mol. The van der Waals surface area contributed by atoms with Crippen molar-refractivity contribution in [3.63, 3.8) is 0 Å². The molecule has 1 saturated carbocycles. The summed E-state index contributed by atoms with van der Waals surface area (Å²) in [4.78, 5) is 8.26. The third-order valence-electron chi connectivity index (χ3n) is 4.55. The van der Waals surface area contributed by atoms with Crippen LogP contribution in [-0.2, 0) is 6.54 Å². The van der Waals surface area contributed by atoms with Gasteiger partial charge in [0, 0.05) is 36.2 Å². The lowest BCUT2D eigenvalue weighted by Crippen LogP contribution is -2.24. The first-order valence-corrected chi connectivity index (χ1v) is 8.90. The van der Waals surface area contributed by atoms with Gasteiger partial charge in [-0.05, 0) is 31.9 Å². The van der Waals surface area contributed by atoms with E-state index in [1.54, 1.807) is 0 Å². The lowest BCUT2D eigenvalue weighted by Gasteiger charge is -2.27. The number of aromatic nitrogens is 1. The third-order valence-corrected chi connectivity index (χ3v) is 5.69. The van der Waals surface area contributed by atoms with Crippen molar-refractivity contribution in [3.05, 3.63) is 52.0 Å². The van der Waals surface area contributed by atoms with E-state index in [2.05, 4.69) is 41.2 Å². The molecule has 0 radical (unpaired) electrons. The van der Waals surface area contributed by atoms with Gasteiger partial charge in [-0.1, -0.05) is 36.8 Å². The first-order valence-electron chi connectivity index (χ1n) is 8.08. The molecule has 3 rings (SSSR count). The average Bonchev–Trinajstić information content (AvgIpc) is 2.91. The van der Waals surface area contributed by atoms with Crippen LogP contribution in [0.1, 0.15) is 53.1 Å². The largest absolute Gasteiger partial charge is 0.396 e. The smallest absolute Gasteiger partial charge is 0.0959 e. The predicted octanol–water partition coefficient (Wildman–Crippen LogP) is 3.97. The van der Waals surface area contributed by atoms with Crippen LogP contribution in [0.2, 0.25) is 0 Å². The lowest BCUT2D eigenvalue weighted by atomic mass is 9.86. The van der Waals surface area contributed by atoms with Gasteiger partial charge in [0.05, 0.1) is 5.01 Å². The zero-order valence-corrected chi connectivity index (χ0v) is 13.9. The minimum Gasteiger partial charge on any atom is -0.396 e. The topological polar surface area (TPSA) is 36.4 Å². The molecule has 1 aromatic carbocycles. The highest BCUT2D eigenvalue weighted by Gasteiger charge is 2.23. The molecule has 0 bridgehead atoms. The Kier molecular flexibility index (Phi) is 5.24. The van der Waals surface area contributed by atoms with Crippen molar-refractivity contribution >= 4 is 11.3 Å². The van der Waals surface area contributed by atoms with E-state index < -0.39 is 0 Å². The van der Waals surface area contributed by atoms with Crippen molar-refractivity contribution in [3.8, 4) is 0 Å². The van der Waals surface area contributed by atoms with Gasteiger partial charge in [0.1, 0.15) is 0 Å². The van der Waals surface area contributed by atoms with Crippen LogP contribution in [0.3, 0.4) is 0 Å². The van der Waals surface area contributed by atoms with E-state index in [9.17, 15) is 5.11 Å². The van der Waals surface area contributed by atoms with Gasteiger partial charge in [0.15, 0.2) is 0 Å². The number of aliphatic hydroxyl groups is 1. The molecular formula is C18H24N2OS. The molecule has 4 heteroatoms. The number of hydrogen-bond donors (Lipinski definition) is 1. The lowest BCUT2D eigenvalue weighted by molar-refractivity contribution is 0.181. The zero-order chi connectivity index (χ0) is 15.4. The number of benzene rings is 1. The molecule has 1 heterocycles. The fraction of sp³-hybridized carbons (Fsp3) is 0.500. The quantitative estimate of drug-likeness (QED) is 0.840. The third kappa shape index (κ3) is 3.57. The van der Waals surface area contributed by atoms with Crippen molar-refractivity contribution in [2.45, 2.75) is 44.2 Å². The maximum absolute atomic E-state index is 9.39. The summed E-state index contributed by atoms with van der Waals surface area (Å²) in [5.74, 6) is 0.714. The van der Waals surface area contributed by atoms with E-state index in [-0.39, 0.29) is 12.6 Å². The molecule has 1 aliphatic rings. The summed E-state index contributed by atoms with van der Waals surface area (Å²) in [5, 5.41) is 10.7. The fourth-order valence-electron chi connectivity index (χ4n) is 3.03. The van der Waals surface area contributed by atoms with Gasteiger partial charge < -0.3 is 5.11 Å².